The van der Waals surface area contributed by atoms with Gasteiger partial charge in [-0.3, -0.25) is 15.1 Å². The van der Waals surface area contributed by atoms with E-state index in [0.717, 1.165) is 42.9 Å². The highest BCUT2D eigenvalue weighted by atomic mass is 19.1. The molecule has 1 aliphatic rings. The third-order valence-corrected chi connectivity index (χ3v) is 5.07. The van der Waals surface area contributed by atoms with E-state index in [1.807, 2.05) is 6.07 Å². The molecule has 0 spiro atoms. The number of rotatable bonds is 4. The zero-order valence-electron chi connectivity index (χ0n) is 15.3. The lowest BCUT2D eigenvalue weighted by atomic mass is 10.1. The second kappa shape index (κ2) is 7.30. The fourth-order valence-corrected chi connectivity index (χ4v) is 3.70. The topological polar surface area (TPSA) is 71.7 Å². The molecule has 2 heterocycles. The van der Waals surface area contributed by atoms with E-state index in [-0.39, 0.29) is 16.4 Å². The van der Waals surface area contributed by atoms with E-state index in [4.69, 9.17) is 4.74 Å². The highest BCUT2D eigenvalue weighted by molar-refractivity contribution is 5.99. The van der Waals surface area contributed by atoms with Crippen LogP contribution < -0.4 is 14.5 Å². The van der Waals surface area contributed by atoms with Crippen LogP contribution >= 0.6 is 0 Å². The van der Waals surface area contributed by atoms with Crippen molar-refractivity contribution < 1.29 is 14.1 Å². The predicted octanol–water partition coefficient (Wildman–Crippen LogP) is 3.62. The van der Waals surface area contributed by atoms with Crippen molar-refractivity contribution in [2.75, 3.05) is 43.1 Å². The molecule has 0 bridgehead atoms. The third kappa shape index (κ3) is 3.17. The van der Waals surface area contributed by atoms with Crippen molar-refractivity contribution in [3.8, 4) is 5.75 Å². The van der Waals surface area contributed by atoms with Gasteiger partial charge in [0.05, 0.1) is 23.1 Å². The summed E-state index contributed by atoms with van der Waals surface area (Å²) in [7, 11) is 1.53. The third-order valence-electron chi connectivity index (χ3n) is 5.07. The van der Waals surface area contributed by atoms with Crippen LogP contribution in [-0.4, -0.2) is 43.2 Å². The monoisotopic (exact) mass is 382 g/mol. The van der Waals surface area contributed by atoms with Gasteiger partial charge in [0.1, 0.15) is 11.6 Å². The van der Waals surface area contributed by atoms with E-state index in [0.29, 0.717) is 11.1 Å². The number of aromatic nitrogens is 1. The molecule has 1 fully saturated rings. The van der Waals surface area contributed by atoms with Gasteiger partial charge in [0.2, 0.25) is 0 Å². The van der Waals surface area contributed by atoms with Crippen molar-refractivity contribution in [2.24, 2.45) is 0 Å². The molecular weight excluding hydrogens is 363 g/mol. The summed E-state index contributed by atoms with van der Waals surface area (Å²) in [5, 5.41) is 12.7. The van der Waals surface area contributed by atoms with Gasteiger partial charge in [-0.05, 0) is 24.3 Å². The molecule has 1 aliphatic heterocycles. The van der Waals surface area contributed by atoms with E-state index in [9.17, 15) is 14.5 Å². The first-order valence-corrected chi connectivity index (χ1v) is 8.93. The van der Waals surface area contributed by atoms with Gasteiger partial charge in [-0.15, -0.1) is 0 Å². The van der Waals surface area contributed by atoms with Crippen LogP contribution in [0.25, 0.3) is 10.8 Å². The summed E-state index contributed by atoms with van der Waals surface area (Å²) in [6, 6.07) is 9.70. The second-order valence-corrected chi connectivity index (χ2v) is 6.57. The molecule has 0 radical (unpaired) electrons. The number of non-ortho nitro benzene ring substituents is 1. The van der Waals surface area contributed by atoms with Crippen LogP contribution in [0.5, 0.6) is 5.75 Å². The number of piperazine rings is 1. The molecular formula is C20H19FN4O3. The lowest BCUT2D eigenvalue weighted by molar-refractivity contribution is -0.383. The molecule has 1 aromatic heterocycles. The number of benzene rings is 2. The summed E-state index contributed by atoms with van der Waals surface area (Å²) in [6.45, 7) is 2.92. The Morgan fingerprint density at radius 1 is 1.04 bits per heavy atom. The van der Waals surface area contributed by atoms with Gasteiger partial charge in [-0.2, -0.15) is 0 Å². The largest absolute Gasteiger partial charge is 0.494 e. The van der Waals surface area contributed by atoms with Crippen LogP contribution in [0, 0.1) is 15.9 Å². The number of methoxy groups -OCH3 is 1. The first-order chi connectivity index (χ1) is 13.6. The molecule has 0 unspecified atom stereocenters. The lowest BCUT2D eigenvalue weighted by Crippen LogP contribution is -2.46. The van der Waals surface area contributed by atoms with Crippen LogP contribution in [0.15, 0.2) is 48.8 Å². The minimum absolute atomic E-state index is 0.0570. The maximum Gasteiger partial charge on any atom is 0.278 e. The Hall–Kier alpha value is -3.42. The minimum atomic E-state index is -0.382. The van der Waals surface area contributed by atoms with Crippen LogP contribution in [0.3, 0.4) is 0 Å². The first kappa shape index (κ1) is 18.0. The summed E-state index contributed by atoms with van der Waals surface area (Å²) >= 11 is 0. The highest BCUT2D eigenvalue weighted by Crippen LogP contribution is 2.35. The number of nitro benzene ring substituents is 1. The number of hydrogen-bond acceptors (Lipinski definition) is 6. The van der Waals surface area contributed by atoms with Crippen molar-refractivity contribution in [3.63, 3.8) is 0 Å². The van der Waals surface area contributed by atoms with Crippen molar-refractivity contribution >= 4 is 27.8 Å². The van der Waals surface area contributed by atoms with Gasteiger partial charge in [0, 0.05) is 61.8 Å². The smallest absolute Gasteiger partial charge is 0.278 e. The van der Waals surface area contributed by atoms with Crippen LogP contribution in [0.4, 0.5) is 21.5 Å². The number of nitro groups is 1. The number of ether oxygens (including phenoxy) is 1. The molecule has 1 saturated heterocycles. The van der Waals surface area contributed by atoms with Gasteiger partial charge in [-0.25, -0.2) is 4.39 Å². The average molecular weight is 382 g/mol. The zero-order chi connectivity index (χ0) is 19.7. The molecule has 28 heavy (non-hydrogen) atoms. The SMILES string of the molecule is COc1cc(F)ccc1N1CCN(c2ccc([N+](=O)[O-])c3cnccc23)CC1. The highest BCUT2D eigenvalue weighted by Gasteiger charge is 2.23. The molecule has 0 saturated carbocycles. The van der Waals surface area contributed by atoms with Crippen LogP contribution in [0.1, 0.15) is 0 Å². The quantitative estimate of drug-likeness (QED) is 0.507. The Kier molecular flexibility index (Phi) is 4.68. The van der Waals surface area contributed by atoms with Crippen molar-refractivity contribution in [3.05, 3.63) is 64.7 Å². The molecule has 0 amide bonds. The van der Waals surface area contributed by atoms with Crippen molar-refractivity contribution in [1.82, 2.24) is 4.98 Å². The number of nitrogens with zero attached hydrogens (tertiary/aromatic N) is 4. The Labute approximate surface area is 161 Å². The average Bonchev–Trinajstić information content (AvgIpc) is 2.73. The van der Waals surface area contributed by atoms with Gasteiger partial charge >= 0.3 is 0 Å². The number of anilines is 2. The molecule has 0 aliphatic carbocycles. The van der Waals surface area contributed by atoms with Crippen LogP contribution in [-0.2, 0) is 0 Å². The van der Waals surface area contributed by atoms with E-state index < -0.39 is 0 Å². The molecule has 144 valence electrons. The fraction of sp³-hybridized carbons (Fsp3) is 0.250. The van der Waals surface area contributed by atoms with Gasteiger partial charge < -0.3 is 14.5 Å². The number of fused-ring (bicyclic) bond motifs is 1. The Morgan fingerprint density at radius 3 is 2.39 bits per heavy atom. The normalized spacial score (nSPS) is 14.4. The summed E-state index contributed by atoms with van der Waals surface area (Å²) in [4.78, 5) is 19.3. The number of halogens is 1. The summed E-state index contributed by atoms with van der Waals surface area (Å²) in [6.07, 6.45) is 3.19. The number of hydrogen-bond donors (Lipinski definition) is 0. The summed E-state index contributed by atoms with van der Waals surface area (Å²) < 4.78 is 18.8. The van der Waals surface area contributed by atoms with E-state index in [1.165, 1.54) is 31.5 Å². The Bertz CT molecular complexity index is 1040. The predicted molar refractivity (Wildman–Crippen MR) is 106 cm³/mol. The van der Waals surface area contributed by atoms with E-state index >= 15 is 0 Å². The standard InChI is InChI=1S/C20H19FN4O3/c1-28-20-12-14(21)2-3-19(20)24-10-8-23(9-11-24)17-4-5-18(25(26)27)16-13-22-7-6-15(16)17/h2-7,12-13H,8-11H2,1H3. The van der Waals surface area contributed by atoms with Crippen LogP contribution in [0.2, 0.25) is 0 Å². The van der Waals surface area contributed by atoms with Crippen molar-refractivity contribution in [1.29, 1.82) is 0 Å². The molecule has 2 aromatic carbocycles. The second-order valence-electron chi connectivity index (χ2n) is 6.57. The molecule has 7 nitrogen and oxygen atoms in total. The van der Waals surface area contributed by atoms with Crippen molar-refractivity contribution in [2.45, 2.75) is 0 Å². The number of pyridine rings is 1. The lowest BCUT2D eigenvalue weighted by Gasteiger charge is -2.38. The Balaban J connectivity index is 1.60. The first-order valence-electron chi connectivity index (χ1n) is 8.93. The Morgan fingerprint density at radius 2 is 1.71 bits per heavy atom. The van der Waals surface area contributed by atoms with Gasteiger partial charge in [0.15, 0.2) is 0 Å². The molecule has 0 N–H and O–H groups in total. The van der Waals surface area contributed by atoms with E-state index in [2.05, 4.69) is 14.8 Å². The molecule has 3 aromatic rings. The maximum absolute atomic E-state index is 13.5. The zero-order valence-corrected chi connectivity index (χ0v) is 15.3. The fourth-order valence-electron chi connectivity index (χ4n) is 3.70. The van der Waals surface area contributed by atoms with Gasteiger partial charge in [-0.1, -0.05) is 0 Å². The molecule has 4 rings (SSSR count). The summed E-state index contributed by atoms with van der Waals surface area (Å²) in [5.41, 5.74) is 1.87. The molecule has 0 atom stereocenters. The minimum Gasteiger partial charge on any atom is -0.494 e. The maximum atomic E-state index is 13.5. The van der Waals surface area contributed by atoms with E-state index in [1.54, 1.807) is 18.3 Å². The van der Waals surface area contributed by atoms with Gasteiger partial charge in [0.25, 0.3) is 5.69 Å². The summed E-state index contributed by atoms with van der Waals surface area (Å²) in [5.74, 6) is 0.186. The molecule has 8 heteroatoms.